The Morgan fingerprint density at radius 1 is 1.27 bits per heavy atom. The van der Waals surface area contributed by atoms with Crippen LogP contribution in [-0.2, 0) is 0 Å². The minimum atomic E-state index is -0.130. The van der Waals surface area contributed by atoms with E-state index in [9.17, 15) is 4.79 Å². The molecule has 6 heteroatoms. The molecule has 0 fully saturated rings. The number of aromatic nitrogens is 1. The van der Waals surface area contributed by atoms with Crippen LogP contribution in [0.25, 0.3) is 10.2 Å². The van der Waals surface area contributed by atoms with Gasteiger partial charge < -0.3 is 9.32 Å². The number of quaternary nitrogens is 1. The van der Waals surface area contributed by atoms with Crippen LogP contribution < -0.4 is 9.80 Å². The van der Waals surface area contributed by atoms with Gasteiger partial charge in [-0.25, -0.2) is 4.98 Å². The van der Waals surface area contributed by atoms with E-state index in [1.54, 1.807) is 28.4 Å². The Balaban J connectivity index is 1.96. The molecule has 0 radical (unpaired) electrons. The molecule has 2 heterocycles. The van der Waals surface area contributed by atoms with E-state index in [0.29, 0.717) is 12.3 Å². The number of nitrogens with one attached hydrogen (secondary N) is 1. The van der Waals surface area contributed by atoms with Crippen molar-refractivity contribution in [2.45, 2.75) is 27.7 Å². The number of aryl methyl sites for hydroxylation is 2. The summed E-state index contributed by atoms with van der Waals surface area (Å²) in [6.07, 6.45) is 1.53. The molecular formula is C20H26N3O2S+. The number of nitrogens with zero attached hydrogens (tertiary/aromatic N) is 2. The molecule has 3 aromatic rings. The van der Waals surface area contributed by atoms with Crippen LogP contribution >= 0.6 is 11.3 Å². The van der Waals surface area contributed by atoms with Gasteiger partial charge in [-0.1, -0.05) is 17.4 Å². The number of hydrogen-bond acceptors (Lipinski definition) is 4. The lowest BCUT2D eigenvalue weighted by Gasteiger charge is -2.22. The summed E-state index contributed by atoms with van der Waals surface area (Å²) in [4.78, 5) is 21.0. The second kappa shape index (κ2) is 8.01. The van der Waals surface area contributed by atoms with Gasteiger partial charge in [-0.15, -0.1) is 0 Å². The number of furan rings is 1. The van der Waals surface area contributed by atoms with Gasteiger partial charge in [0.25, 0.3) is 5.91 Å². The monoisotopic (exact) mass is 372 g/mol. The number of hydrogen-bond donors (Lipinski definition) is 1. The second-order valence-corrected chi connectivity index (χ2v) is 7.58. The highest BCUT2D eigenvalue weighted by Gasteiger charge is 2.24. The zero-order valence-corrected chi connectivity index (χ0v) is 16.7. The number of carbonyl (C=O) groups is 1. The number of anilines is 1. The third-order valence-corrected chi connectivity index (χ3v) is 5.74. The van der Waals surface area contributed by atoms with E-state index >= 15 is 0 Å². The molecule has 0 aliphatic heterocycles. The largest absolute Gasteiger partial charge is 0.459 e. The first kappa shape index (κ1) is 18.6. The zero-order chi connectivity index (χ0) is 18.7. The van der Waals surface area contributed by atoms with E-state index < -0.39 is 0 Å². The molecular weight excluding hydrogens is 346 g/mol. The quantitative estimate of drug-likeness (QED) is 0.693. The van der Waals surface area contributed by atoms with Crippen LogP contribution in [0, 0.1) is 13.8 Å². The standard InChI is InChI=1S/C20H25N3O2S/c1-5-22(6-2)9-10-23(19(24)16-8-7-11-25-16)20-21-18-15(4)12-14(3)13-17(18)26-20/h7-8,11-13H,5-6,9-10H2,1-4H3/p+1. The number of benzene rings is 1. The van der Waals surface area contributed by atoms with E-state index in [-0.39, 0.29) is 5.91 Å². The van der Waals surface area contributed by atoms with Crippen LogP contribution in [0.2, 0.25) is 0 Å². The van der Waals surface area contributed by atoms with Gasteiger partial charge in [-0.2, -0.15) is 0 Å². The molecule has 0 saturated carbocycles. The van der Waals surface area contributed by atoms with Crippen molar-refractivity contribution < 1.29 is 14.1 Å². The highest BCUT2D eigenvalue weighted by Crippen LogP contribution is 2.32. The Labute approximate surface area is 158 Å². The molecule has 2 aromatic heterocycles. The van der Waals surface area contributed by atoms with Crippen LogP contribution in [0.3, 0.4) is 0 Å². The molecule has 0 saturated heterocycles. The first-order valence-electron chi connectivity index (χ1n) is 9.10. The fraction of sp³-hybridized carbons (Fsp3) is 0.400. The third-order valence-electron chi connectivity index (χ3n) is 4.72. The average molecular weight is 373 g/mol. The Bertz CT molecular complexity index is 882. The maximum absolute atomic E-state index is 13.0. The van der Waals surface area contributed by atoms with Gasteiger partial charge in [0, 0.05) is 0 Å². The second-order valence-electron chi connectivity index (χ2n) is 6.57. The topological polar surface area (TPSA) is 50.8 Å². The van der Waals surface area contributed by atoms with Crippen LogP contribution in [0.1, 0.15) is 35.5 Å². The van der Waals surface area contributed by atoms with Crippen molar-refractivity contribution in [1.82, 2.24) is 4.98 Å². The number of thiazole rings is 1. The maximum atomic E-state index is 13.0. The van der Waals surface area contributed by atoms with Gasteiger partial charge in [0.05, 0.1) is 42.7 Å². The van der Waals surface area contributed by atoms with Crippen molar-refractivity contribution in [2.24, 2.45) is 0 Å². The van der Waals surface area contributed by atoms with Gasteiger partial charge in [0.1, 0.15) is 0 Å². The molecule has 0 aliphatic carbocycles. The summed E-state index contributed by atoms with van der Waals surface area (Å²) in [6, 6.07) is 7.72. The molecule has 1 amide bonds. The third kappa shape index (κ3) is 3.81. The van der Waals surface area contributed by atoms with Crippen molar-refractivity contribution >= 4 is 32.6 Å². The fourth-order valence-corrected chi connectivity index (χ4v) is 4.33. The van der Waals surface area contributed by atoms with E-state index in [2.05, 4.69) is 39.8 Å². The molecule has 0 aliphatic rings. The SMILES string of the molecule is CC[NH+](CC)CCN(C(=O)c1ccco1)c1nc2c(C)cc(C)cc2s1. The van der Waals surface area contributed by atoms with Crippen molar-refractivity contribution in [3.63, 3.8) is 0 Å². The lowest BCUT2D eigenvalue weighted by Crippen LogP contribution is -3.12. The average Bonchev–Trinajstić information content (AvgIpc) is 3.28. The summed E-state index contributed by atoms with van der Waals surface area (Å²) in [5.74, 6) is 0.224. The van der Waals surface area contributed by atoms with E-state index in [1.165, 1.54) is 16.7 Å². The number of carbonyl (C=O) groups excluding carboxylic acids is 1. The summed E-state index contributed by atoms with van der Waals surface area (Å²) in [5, 5.41) is 0.738. The summed E-state index contributed by atoms with van der Waals surface area (Å²) in [6.45, 7) is 12.1. The van der Waals surface area contributed by atoms with Gasteiger partial charge >= 0.3 is 0 Å². The molecule has 1 aromatic carbocycles. The lowest BCUT2D eigenvalue weighted by molar-refractivity contribution is -0.894. The zero-order valence-electron chi connectivity index (χ0n) is 15.8. The van der Waals surface area contributed by atoms with Gasteiger partial charge in [0.2, 0.25) is 0 Å². The molecule has 138 valence electrons. The minimum absolute atomic E-state index is 0.130. The normalized spacial score (nSPS) is 11.4. The minimum Gasteiger partial charge on any atom is -0.459 e. The van der Waals surface area contributed by atoms with Gasteiger partial charge in [-0.3, -0.25) is 9.69 Å². The summed E-state index contributed by atoms with van der Waals surface area (Å²) in [5.41, 5.74) is 3.33. The van der Waals surface area contributed by atoms with Crippen molar-refractivity contribution in [1.29, 1.82) is 0 Å². The Morgan fingerprint density at radius 2 is 2.04 bits per heavy atom. The molecule has 3 rings (SSSR count). The Kier molecular flexibility index (Phi) is 5.74. The van der Waals surface area contributed by atoms with Crippen LogP contribution in [0.15, 0.2) is 34.9 Å². The maximum Gasteiger partial charge on any atom is 0.295 e. The van der Waals surface area contributed by atoms with Crippen LogP contribution in [-0.4, -0.2) is 37.1 Å². The first-order valence-corrected chi connectivity index (χ1v) is 9.91. The molecule has 0 bridgehead atoms. The van der Waals surface area contributed by atoms with E-state index in [1.807, 2.05) is 0 Å². The van der Waals surface area contributed by atoms with Crippen molar-refractivity contribution in [3.05, 3.63) is 47.4 Å². The van der Waals surface area contributed by atoms with Gasteiger partial charge in [-0.05, 0) is 57.0 Å². The van der Waals surface area contributed by atoms with E-state index in [0.717, 1.165) is 40.5 Å². The number of fused-ring (bicyclic) bond motifs is 1. The van der Waals surface area contributed by atoms with Crippen LogP contribution in [0.4, 0.5) is 5.13 Å². The lowest BCUT2D eigenvalue weighted by atomic mass is 10.1. The highest BCUT2D eigenvalue weighted by molar-refractivity contribution is 7.22. The van der Waals surface area contributed by atoms with Crippen LogP contribution in [0.5, 0.6) is 0 Å². The molecule has 26 heavy (non-hydrogen) atoms. The summed E-state index contributed by atoms with van der Waals surface area (Å²) in [7, 11) is 0. The van der Waals surface area contributed by atoms with Gasteiger partial charge in [0.15, 0.2) is 10.9 Å². The predicted octanol–water partition coefficient (Wildman–Crippen LogP) is 3.08. The molecule has 0 atom stereocenters. The van der Waals surface area contributed by atoms with Crippen molar-refractivity contribution in [3.8, 4) is 0 Å². The summed E-state index contributed by atoms with van der Waals surface area (Å²) < 4.78 is 6.47. The molecule has 0 unspecified atom stereocenters. The summed E-state index contributed by atoms with van der Waals surface area (Å²) >= 11 is 1.57. The molecule has 5 nitrogen and oxygen atoms in total. The Morgan fingerprint density at radius 3 is 2.69 bits per heavy atom. The van der Waals surface area contributed by atoms with E-state index in [4.69, 9.17) is 9.40 Å². The Hall–Kier alpha value is -2.18. The highest BCUT2D eigenvalue weighted by atomic mass is 32.1. The predicted molar refractivity (Wildman–Crippen MR) is 106 cm³/mol. The number of amides is 1. The smallest absolute Gasteiger partial charge is 0.295 e. The first-order chi connectivity index (χ1) is 12.5. The number of rotatable bonds is 7. The molecule has 0 spiro atoms. The molecule has 1 N–H and O–H groups in total. The fourth-order valence-electron chi connectivity index (χ4n) is 3.17. The van der Waals surface area contributed by atoms with Crippen molar-refractivity contribution in [2.75, 3.05) is 31.1 Å². The number of likely N-dealkylation sites (N-methyl/N-ethyl adjacent to an activating group) is 1.